The summed E-state index contributed by atoms with van der Waals surface area (Å²) in [4.78, 5) is 13.8. The van der Waals surface area contributed by atoms with Gasteiger partial charge in [0, 0.05) is 22.0 Å². The van der Waals surface area contributed by atoms with Crippen molar-refractivity contribution in [1.29, 1.82) is 0 Å². The predicted octanol–water partition coefficient (Wildman–Crippen LogP) is 4.15. The molecule has 1 N–H and O–H groups in total. The number of nitrogens with zero attached hydrogens (tertiary/aromatic N) is 1. The molecule has 1 aromatic rings. The van der Waals surface area contributed by atoms with E-state index in [1.165, 1.54) is 0 Å². The fraction of sp³-hybridized carbons (Fsp3) is 0.417. The first kappa shape index (κ1) is 12.9. The van der Waals surface area contributed by atoms with Crippen molar-refractivity contribution in [2.45, 2.75) is 19.8 Å². The Labute approximate surface area is 118 Å². The molecular weight excluding hydrogens is 348 g/mol. The normalized spacial score (nSPS) is 15.1. The number of aryl methyl sites for hydroxylation is 1. The van der Waals surface area contributed by atoms with Crippen LogP contribution >= 0.6 is 31.9 Å². The molecule has 0 spiro atoms. The lowest BCUT2D eigenvalue weighted by Crippen LogP contribution is -2.32. The van der Waals surface area contributed by atoms with E-state index in [0.717, 1.165) is 46.1 Å². The minimum atomic E-state index is -0.0206. The largest absolute Gasteiger partial charge is 0.325 e. The second-order valence-corrected chi connectivity index (χ2v) is 5.94. The smallest absolute Gasteiger partial charge is 0.321 e. The number of carbonyl (C=O) groups is 1. The Bertz CT molecular complexity index is 419. The minimum absolute atomic E-state index is 0.0206. The Morgan fingerprint density at radius 1 is 1.24 bits per heavy atom. The van der Waals surface area contributed by atoms with E-state index < -0.39 is 0 Å². The molecule has 0 aromatic heterocycles. The van der Waals surface area contributed by atoms with Crippen LogP contribution < -0.4 is 5.32 Å². The lowest BCUT2D eigenvalue weighted by Gasteiger charge is -2.18. The van der Waals surface area contributed by atoms with Gasteiger partial charge >= 0.3 is 6.03 Å². The third-order valence-corrected chi connectivity index (χ3v) is 4.06. The van der Waals surface area contributed by atoms with Crippen LogP contribution in [0.5, 0.6) is 0 Å². The van der Waals surface area contributed by atoms with Gasteiger partial charge in [-0.25, -0.2) is 4.79 Å². The summed E-state index contributed by atoms with van der Waals surface area (Å²) in [6.07, 6.45) is 2.20. The summed E-state index contributed by atoms with van der Waals surface area (Å²) in [5, 5.41) is 2.94. The van der Waals surface area contributed by atoms with E-state index in [-0.39, 0.29) is 6.03 Å². The van der Waals surface area contributed by atoms with Crippen molar-refractivity contribution < 1.29 is 4.79 Å². The van der Waals surface area contributed by atoms with Gasteiger partial charge in [-0.2, -0.15) is 0 Å². The first-order chi connectivity index (χ1) is 8.08. The molecule has 1 aliphatic rings. The van der Waals surface area contributed by atoms with Crippen molar-refractivity contribution in [1.82, 2.24) is 4.90 Å². The zero-order valence-electron chi connectivity index (χ0n) is 9.59. The number of benzene rings is 1. The SMILES string of the molecule is Cc1cc(Br)c(NC(=O)N2CCCC2)c(Br)c1. The van der Waals surface area contributed by atoms with Gasteiger partial charge < -0.3 is 10.2 Å². The summed E-state index contributed by atoms with van der Waals surface area (Å²) in [7, 11) is 0. The van der Waals surface area contributed by atoms with Gasteiger partial charge in [-0.3, -0.25) is 0 Å². The number of carbonyl (C=O) groups excluding carboxylic acids is 1. The Hall–Kier alpha value is -0.550. The number of amides is 2. The van der Waals surface area contributed by atoms with Crippen molar-refractivity contribution in [2.75, 3.05) is 18.4 Å². The first-order valence-corrected chi connectivity index (χ1v) is 7.18. The maximum Gasteiger partial charge on any atom is 0.321 e. The minimum Gasteiger partial charge on any atom is -0.325 e. The Morgan fingerprint density at radius 2 is 1.76 bits per heavy atom. The van der Waals surface area contributed by atoms with Crippen LogP contribution in [0.25, 0.3) is 0 Å². The molecular formula is C12H14Br2N2O. The van der Waals surface area contributed by atoms with Gasteiger partial charge in [0.2, 0.25) is 0 Å². The molecule has 3 nitrogen and oxygen atoms in total. The quantitative estimate of drug-likeness (QED) is 0.800. The molecule has 1 aliphatic heterocycles. The summed E-state index contributed by atoms with van der Waals surface area (Å²) in [5.41, 5.74) is 1.94. The number of hydrogen-bond donors (Lipinski definition) is 1. The number of rotatable bonds is 1. The summed E-state index contributed by atoms with van der Waals surface area (Å²) < 4.78 is 1.80. The maximum atomic E-state index is 12.0. The molecule has 1 saturated heterocycles. The second kappa shape index (κ2) is 5.40. The van der Waals surface area contributed by atoms with E-state index in [0.29, 0.717) is 0 Å². The highest BCUT2D eigenvalue weighted by molar-refractivity contribution is 9.11. The van der Waals surface area contributed by atoms with Gasteiger partial charge in [0.1, 0.15) is 0 Å². The van der Waals surface area contributed by atoms with Gasteiger partial charge in [-0.1, -0.05) is 0 Å². The standard InChI is InChI=1S/C12H14Br2N2O/c1-8-6-9(13)11(10(14)7-8)15-12(17)16-4-2-3-5-16/h6-7H,2-5H2,1H3,(H,15,17). The van der Waals surface area contributed by atoms with E-state index in [2.05, 4.69) is 37.2 Å². The molecule has 2 rings (SSSR count). The van der Waals surface area contributed by atoms with E-state index >= 15 is 0 Å². The lowest BCUT2D eigenvalue weighted by molar-refractivity contribution is 0.222. The summed E-state index contributed by atoms with van der Waals surface area (Å²) in [6.45, 7) is 3.72. The van der Waals surface area contributed by atoms with E-state index in [4.69, 9.17) is 0 Å². The van der Waals surface area contributed by atoms with Crippen LogP contribution in [0.1, 0.15) is 18.4 Å². The first-order valence-electron chi connectivity index (χ1n) is 5.59. The monoisotopic (exact) mass is 360 g/mol. The maximum absolute atomic E-state index is 12.0. The van der Waals surface area contributed by atoms with Crippen LogP contribution in [0, 0.1) is 6.92 Å². The Kier molecular flexibility index (Phi) is 4.09. The van der Waals surface area contributed by atoms with Crippen LogP contribution in [0.2, 0.25) is 0 Å². The summed E-state index contributed by atoms with van der Waals surface area (Å²) >= 11 is 6.94. The van der Waals surface area contributed by atoms with E-state index in [9.17, 15) is 4.79 Å². The number of halogens is 2. The molecule has 1 heterocycles. The van der Waals surface area contributed by atoms with Gasteiger partial charge in [-0.05, 0) is 69.3 Å². The molecule has 0 atom stereocenters. The highest BCUT2D eigenvalue weighted by Gasteiger charge is 2.19. The predicted molar refractivity (Wildman–Crippen MR) is 76.4 cm³/mol. The van der Waals surface area contributed by atoms with Gasteiger partial charge in [0.15, 0.2) is 0 Å². The lowest BCUT2D eigenvalue weighted by atomic mass is 10.2. The van der Waals surface area contributed by atoms with Crippen molar-refractivity contribution in [2.24, 2.45) is 0 Å². The van der Waals surface area contributed by atoms with Crippen molar-refractivity contribution in [3.63, 3.8) is 0 Å². The van der Waals surface area contributed by atoms with Gasteiger partial charge in [0.05, 0.1) is 5.69 Å². The molecule has 0 unspecified atom stereocenters. The molecule has 0 aliphatic carbocycles. The number of nitrogens with one attached hydrogen (secondary N) is 1. The van der Waals surface area contributed by atoms with Crippen LogP contribution in [0.4, 0.5) is 10.5 Å². The number of likely N-dealkylation sites (tertiary alicyclic amines) is 1. The zero-order valence-corrected chi connectivity index (χ0v) is 12.8. The average molecular weight is 362 g/mol. The highest BCUT2D eigenvalue weighted by Crippen LogP contribution is 2.32. The highest BCUT2D eigenvalue weighted by atomic mass is 79.9. The summed E-state index contributed by atoms with van der Waals surface area (Å²) in [6, 6.07) is 3.96. The van der Waals surface area contributed by atoms with Crippen molar-refractivity contribution in [3.8, 4) is 0 Å². The Morgan fingerprint density at radius 3 is 2.29 bits per heavy atom. The Balaban J connectivity index is 2.15. The van der Waals surface area contributed by atoms with Crippen LogP contribution in [0.15, 0.2) is 21.1 Å². The molecule has 17 heavy (non-hydrogen) atoms. The van der Waals surface area contributed by atoms with Crippen LogP contribution in [-0.4, -0.2) is 24.0 Å². The summed E-state index contributed by atoms with van der Waals surface area (Å²) in [5.74, 6) is 0. The third-order valence-electron chi connectivity index (χ3n) is 2.81. The van der Waals surface area contributed by atoms with E-state index in [1.54, 1.807) is 0 Å². The molecule has 0 saturated carbocycles. The topological polar surface area (TPSA) is 32.3 Å². The molecule has 0 bridgehead atoms. The fourth-order valence-electron chi connectivity index (χ4n) is 1.93. The van der Waals surface area contributed by atoms with Crippen molar-refractivity contribution in [3.05, 3.63) is 26.6 Å². The zero-order chi connectivity index (χ0) is 12.4. The molecule has 5 heteroatoms. The second-order valence-electron chi connectivity index (χ2n) is 4.23. The van der Waals surface area contributed by atoms with Gasteiger partial charge in [0.25, 0.3) is 0 Å². The van der Waals surface area contributed by atoms with E-state index in [1.807, 2.05) is 24.0 Å². The third kappa shape index (κ3) is 3.01. The molecule has 1 fully saturated rings. The molecule has 92 valence electrons. The number of hydrogen-bond acceptors (Lipinski definition) is 1. The molecule has 2 amide bonds. The average Bonchev–Trinajstić information content (AvgIpc) is 2.76. The fourth-order valence-corrected chi connectivity index (χ4v) is 3.54. The van der Waals surface area contributed by atoms with Crippen molar-refractivity contribution >= 4 is 43.6 Å². The van der Waals surface area contributed by atoms with Crippen LogP contribution in [-0.2, 0) is 0 Å². The molecule has 0 radical (unpaired) electrons. The van der Waals surface area contributed by atoms with Gasteiger partial charge in [-0.15, -0.1) is 0 Å². The number of anilines is 1. The number of urea groups is 1. The molecule has 1 aromatic carbocycles. The van der Waals surface area contributed by atoms with Crippen LogP contribution in [0.3, 0.4) is 0 Å².